The van der Waals surface area contributed by atoms with Gasteiger partial charge in [0, 0.05) is 25.9 Å². The van der Waals surface area contributed by atoms with E-state index in [1.807, 2.05) is 0 Å². The summed E-state index contributed by atoms with van der Waals surface area (Å²) in [4.78, 5) is 10.9. The molecule has 0 saturated heterocycles. The van der Waals surface area contributed by atoms with Gasteiger partial charge in [0.1, 0.15) is 0 Å². The maximum atomic E-state index is 12.6. The van der Waals surface area contributed by atoms with E-state index in [1.165, 1.54) is 11.0 Å². The Morgan fingerprint density at radius 1 is 1.28 bits per heavy atom. The number of anilines is 1. The zero-order valence-electron chi connectivity index (χ0n) is 9.73. The molecule has 0 heterocycles. The van der Waals surface area contributed by atoms with Crippen LogP contribution in [0.1, 0.15) is 11.1 Å². The molecule has 1 rings (SSSR count). The summed E-state index contributed by atoms with van der Waals surface area (Å²) in [5.41, 5.74) is -0.380. The first-order valence-electron chi connectivity index (χ1n) is 4.91. The van der Waals surface area contributed by atoms with Crippen LogP contribution in [-0.4, -0.2) is 19.0 Å². The highest BCUT2D eigenvalue weighted by molar-refractivity contribution is 5.59. The zero-order valence-corrected chi connectivity index (χ0v) is 9.73. The molecular formula is C11H11F3N2O2. The highest BCUT2D eigenvalue weighted by Gasteiger charge is 2.31. The van der Waals surface area contributed by atoms with E-state index in [9.17, 15) is 23.3 Å². The molecule has 0 N–H and O–H groups in total. The Hall–Kier alpha value is -2.05. The van der Waals surface area contributed by atoms with Crippen LogP contribution in [0, 0.1) is 10.1 Å². The first-order chi connectivity index (χ1) is 8.20. The fourth-order valence-electron chi connectivity index (χ4n) is 1.30. The molecule has 0 atom stereocenters. The van der Waals surface area contributed by atoms with Gasteiger partial charge in [-0.15, -0.1) is 0 Å². The number of nitro groups is 1. The van der Waals surface area contributed by atoms with Crippen LogP contribution in [0.2, 0.25) is 0 Å². The van der Waals surface area contributed by atoms with Crippen LogP contribution in [0.25, 0.3) is 6.08 Å². The second kappa shape index (κ2) is 5.07. The normalized spacial score (nSPS) is 11.8. The Morgan fingerprint density at radius 3 is 2.33 bits per heavy atom. The van der Waals surface area contributed by atoms with Gasteiger partial charge in [0.2, 0.25) is 6.20 Å². The van der Waals surface area contributed by atoms with Crippen molar-refractivity contribution in [3.63, 3.8) is 0 Å². The van der Waals surface area contributed by atoms with Crippen LogP contribution in [-0.2, 0) is 6.18 Å². The molecule has 0 unspecified atom stereocenters. The molecule has 0 radical (unpaired) electrons. The number of hydrogen-bond acceptors (Lipinski definition) is 3. The maximum absolute atomic E-state index is 12.6. The Labute approximate surface area is 101 Å². The molecule has 4 nitrogen and oxygen atoms in total. The molecule has 0 bridgehead atoms. The van der Waals surface area contributed by atoms with Crippen LogP contribution in [0.4, 0.5) is 18.9 Å². The SMILES string of the molecule is CN(C)c1cc(/C=C/[N+](=O)[O-])cc(C(F)(F)F)c1. The third-order valence-corrected chi connectivity index (χ3v) is 2.17. The van der Waals surface area contributed by atoms with E-state index in [0.717, 1.165) is 18.2 Å². The van der Waals surface area contributed by atoms with Gasteiger partial charge < -0.3 is 4.90 Å². The quantitative estimate of drug-likeness (QED) is 0.620. The predicted molar refractivity (Wildman–Crippen MR) is 61.8 cm³/mol. The summed E-state index contributed by atoms with van der Waals surface area (Å²) in [6.45, 7) is 0. The average molecular weight is 260 g/mol. The van der Waals surface area contributed by atoms with Gasteiger partial charge in [0.15, 0.2) is 0 Å². The van der Waals surface area contributed by atoms with Crippen molar-refractivity contribution in [1.82, 2.24) is 0 Å². The van der Waals surface area contributed by atoms with Gasteiger partial charge in [-0.1, -0.05) is 0 Å². The minimum atomic E-state index is -4.48. The average Bonchev–Trinajstić information content (AvgIpc) is 2.24. The number of nitrogens with zero attached hydrogens (tertiary/aromatic N) is 2. The monoisotopic (exact) mass is 260 g/mol. The van der Waals surface area contributed by atoms with Crippen LogP contribution < -0.4 is 4.90 Å². The summed E-state index contributed by atoms with van der Waals surface area (Å²) in [5, 5.41) is 10.2. The molecule has 1 aromatic carbocycles. The molecule has 0 aliphatic heterocycles. The summed E-state index contributed by atoms with van der Waals surface area (Å²) >= 11 is 0. The van der Waals surface area contributed by atoms with Crippen LogP contribution in [0.3, 0.4) is 0 Å². The molecule has 0 aromatic heterocycles. The van der Waals surface area contributed by atoms with E-state index in [4.69, 9.17) is 0 Å². The van der Waals surface area contributed by atoms with Crippen molar-refractivity contribution >= 4 is 11.8 Å². The van der Waals surface area contributed by atoms with Crippen LogP contribution in [0.15, 0.2) is 24.4 Å². The lowest BCUT2D eigenvalue weighted by molar-refractivity contribution is -0.400. The largest absolute Gasteiger partial charge is 0.416 e. The lowest BCUT2D eigenvalue weighted by atomic mass is 10.1. The van der Waals surface area contributed by atoms with Crippen molar-refractivity contribution in [1.29, 1.82) is 0 Å². The van der Waals surface area contributed by atoms with Crippen molar-refractivity contribution in [3.05, 3.63) is 45.6 Å². The lowest BCUT2D eigenvalue weighted by Gasteiger charge is -2.16. The van der Waals surface area contributed by atoms with Gasteiger partial charge >= 0.3 is 6.18 Å². The van der Waals surface area contributed by atoms with Gasteiger partial charge in [-0.05, 0) is 23.8 Å². The highest BCUT2D eigenvalue weighted by atomic mass is 19.4. The van der Waals surface area contributed by atoms with Crippen molar-refractivity contribution in [2.24, 2.45) is 0 Å². The van der Waals surface area contributed by atoms with Crippen molar-refractivity contribution in [2.75, 3.05) is 19.0 Å². The maximum Gasteiger partial charge on any atom is 0.416 e. The molecule has 0 aliphatic carbocycles. The molecule has 0 saturated carbocycles. The molecule has 1 aromatic rings. The summed E-state index contributed by atoms with van der Waals surface area (Å²) in [5.74, 6) is 0. The predicted octanol–water partition coefficient (Wildman–Crippen LogP) is 3.02. The third kappa shape index (κ3) is 3.76. The second-order valence-electron chi connectivity index (χ2n) is 3.81. The highest BCUT2D eigenvalue weighted by Crippen LogP contribution is 2.32. The number of alkyl halides is 3. The van der Waals surface area contributed by atoms with Gasteiger partial charge in [-0.3, -0.25) is 10.1 Å². The van der Waals surface area contributed by atoms with Crippen LogP contribution >= 0.6 is 0 Å². The Morgan fingerprint density at radius 2 is 1.89 bits per heavy atom. The number of benzene rings is 1. The van der Waals surface area contributed by atoms with Gasteiger partial charge in [0.25, 0.3) is 0 Å². The standard InChI is InChI=1S/C11H11F3N2O2/c1-15(2)10-6-8(3-4-16(17)18)5-9(7-10)11(12,13)14/h3-7H,1-2H3/b4-3+. The minimum absolute atomic E-state index is 0.130. The Bertz CT molecular complexity index is 482. The Kier molecular flexibility index (Phi) is 3.95. The number of hydrogen-bond donors (Lipinski definition) is 0. The molecule has 18 heavy (non-hydrogen) atoms. The molecule has 98 valence electrons. The molecule has 0 spiro atoms. The fraction of sp³-hybridized carbons (Fsp3) is 0.273. The topological polar surface area (TPSA) is 46.4 Å². The molecule has 0 amide bonds. The summed E-state index contributed by atoms with van der Waals surface area (Å²) in [7, 11) is 3.19. The van der Waals surface area contributed by atoms with E-state index in [1.54, 1.807) is 14.1 Å². The molecule has 7 heteroatoms. The van der Waals surface area contributed by atoms with E-state index in [2.05, 4.69) is 0 Å². The number of rotatable bonds is 3. The molecule has 0 fully saturated rings. The third-order valence-electron chi connectivity index (χ3n) is 2.17. The molecule has 0 aliphatic rings. The van der Waals surface area contributed by atoms with Crippen LogP contribution in [0.5, 0.6) is 0 Å². The molecular weight excluding hydrogens is 249 g/mol. The van der Waals surface area contributed by atoms with Crippen molar-refractivity contribution < 1.29 is 18.1 Å². The smallest absolute Gasteiger partial charge is 0.378 e. The van der Waals surface area contributed by atoms with Crippen molar-refractivity contribution in [2.45, 2.75) is 6.18 Å². The fourth-order valence-corrected chi connectivity index (χ4v) is 1.30. The first-order valence-corrected chi connectivity index (χ1v) is 4.91. The zero-order chi connectivity index (χ0) is 13.9. The summed E-state index contributed by atoms with van der Waals surface area (Å²) in [6, 6.07) is 3.30. The van der Waals surface area contributed by atoms with E-state index in [-0.39, 0.29) is 5.56 Å². The number of halogens is 3. The summed E-state index contributed by atoms with van der Waals surface area (Å²) < 4.78 is 37.9. The van der Waals surface area contributed by atoms with Gasteiger partial charge in [-0.25, -0.2) is 0 Å². The van der Waals surface area contributed by atoms with E-state index in [0.29, 0.717) is 11.9 Å². The van der Waals surface area contributed by atoms with Crippen molar-refractivity contribution in [3.8, 4) is 0 Å². The lowest BCUT2D eigenvalue weighted by Crippen LogP contribution is -2.12. The Balaban J connectivity index is 3.27. The van der Waals surface area contributed by atoms with Gasteiger partial charge in [0.05, 0.1) is 10.5 Å². The summed E-state index contributed by atoms with van der Waals surface area (Å²) in [6.07, 6.45) is -2.85. The first kappa shape index (κ1) is 14.0. The second-order valence-corrected chi connectivity index (χ2v) is 3.81. The van der Waals surface area contributed by atoms with E-state index < -0.39 is 16.7 Å². The van der Waals surface area contributed by atoms with E-state index >= 15 is 0 Å². The minimum Gasteiger partial charge on any atom is -0.378 e. The van der Waals surface area contributed by atoms with Gasteiger partial charge in [-0.2, -0.15) is 13.2 Å².